The second-order valence-electron chi connectivity index (χ2n) is 12.5. The van der Waals surface area contributed by atoms with Gasteiger partial charge in [-0.25, -0.2) is 9.97 Å². The van der Waals surface area contributed by atoms with Crippen molar-refractivity contribution < 1.29 is 0 Å². The minimum absolute atomic E-state index is 0.855. The maximum Gasteiger partial charge on any atom is 0.0979 e. The van der Waals surface area contributed by atoms with Crippen molar-refractivity contribution in [2.24, 2.45) is 0 Å². The third-order valence-corrected chi connectivity index (χ3v) is 9.28. The van der Waals surface area contributed by atoms with E-state index in [0.29, 0.717) is 0 Å². The van der Waals surface area contributed by atoms with Crippen LogP contribution in [-0.2, 0) is 0 Å². The molecule has 0 spiro atoms. The third kappa shape index (κ3) is 5.87. The zero-order valence-corrected chi connectivity index (χ0v) is 28.3. The van der Waals surface area contributed by atoms with Crippen LogP contribution in [0.4, 0.5) is 34.1 Å². The average Bonchev–Trinajstić information content (AvgIpc) is 3.22. The Bertz CT molecular complexity index is 2560. The van der Waals surface area contributed by atoms with E-state index in [1.807, 2.05) is 48.5 Å². The Balaban J connectivity index is 1.13. The summed E-state index contributed by atoms with van der Waals surface area (Å²) in [6.07, 6.45) is 0. The van der Waals surface area contributed by atoms with Gasteiger partial charge in [0.15, 0.2) is 0 Å². The molecule has 52 heavy (non-hydrogen) atoms. The number of anilines is 6. The monoisotopic (exact) mass is 664 g/mol. The smallest absolute Gasteiger partial charge is 0.0979 e. The van der Waals surface area contributed by atoms with E-state index in [-0.39, 0.29) is 0 Å². The van der Waals surface area contributed by atoms with E-state index < -0.39 is 0 Å². The highest BCUT2D eigenvalue weighted by molar-refractivity contribution is 6.00. The molecule has 0 aliphatic carbocycles. The zero-order chi connectivity index (χ0) is 34.7. The second kappa shape index (κ2) is 13.6. The summed E-state index contributed by atoms with van der Waals surface area (Å²) in [7, 11) is 0. The lowest BCUT2D eigenvalue weighted by atomic mass is 9.98. The van der Waals surface area contributed by atoms with Gasteiger partial charge in [0.2, 0.25) is 0 Å². The molecule has 0 aliphatic rings. The highest BCUT2D eigenvalue weighted by atomic mass is 15.2. The van der Waals surface area contributed by atoms with Crippen molar-refractivity contribution in [3.05, 3.63) is 206 Å². The van der Waals surface area contributed by atoms with Gasteiger partial charge in [-0.15, -0.1) is 0 Å². The third-order valence-electron chi connectivity index (χ3n) is 9.28. The molecule has 0 fully saturated rings. The van der Waals surface area contributed by atoms with Gasteiger partial charge in [-0.05, 0) is 102 Å². The number of hydrogen-bond donors (Lipinski definition) is 0. The molecule has 0 N–H and O–H groups in total. The summed E-state index contributed by atoms with van der Waals surface area (Å²) >= 11 is 0. The Kier molecular flexibility index (Phi) is 8.05. The Morgan fingerprint density at radius 3 is 1.56 bits per heavy atom. The van der Waals surface area contributed by atoms with Crippen molar-refractivity contribution in [1.82, 2.24) is 9.97 Å². The predicted molar refractivity (Wildman–Crippen MR) is 215 cm³/mol. The Morgan fingerprint density at radius 2 is 0.904 bits per heavy atom. The van der Waals surface area contributed by atoms with Gasteiger partial charge in [0.25, 0.3) is 0 Å². The molecular formula is C48H32N4. The van der Waals surface area contributed by atoms with Crippen LogP contribution >= 0.6 is 0 Å². The van der Waals surface area contributed by atoms with Crippen molar-refractivity contribution in [3.8, 4) is 22.5 Å². The van der Waals surface area contributed by atoms with Crippen molar-refractivity contribution in [3.63, 3.8) is 0 Å². The number of fused-ring (bicyclic) bond motifs is 2. The molecule has 0 bridgehead atoms. The van der Waals surface area contributed by atoms with E-state index in [1.165, 1.54) is 5.39 Å². The van der Waals surface area contributed by atoms with Crippen LogP contribution in [0.25, 0.3) is 44.3 Å². The minimum atomic E-state index is 0.855. The lowest BCUT2D eigenvalue weighted by Crippen LogP contribution is -2.12. The topological polar surface area (TPSA) is 32.3 Å². The first-order valence-electron chi connectivity index (χ1n) is 17.3. The van der Waals surface area contributed by atoms with Crippen LogP contribution < -0.4 is 9.80 Å². The largest absolute Gasteiger partial charge is 0.311 e. The molecule has 244 valence electrons. The molecule has 0 radical (unpaired) electrons. The molecule has 1 heterocycles. The van der Waals surface area contributed by atoms with Crippen LogP contribution in [-0.4, -0.2) is 9.97 Å². The molecule has 0 amide bonds. The molecule has 9 aromatic rings. The van der Waals surface area contributed by atoms with Gasteiger partial charge in [-0.1, -0.05) is 115 Å². The first kappa shape index (κ1) is 30.8. The molecule has 0 saturated heterocycles. The molecule has 0 aliphatic heterocycles. The number of aromatic nitrogens is 2. The van der Waals surface area contributed by atoms with Gasteiger partial charge < -0.3 is 9.80 Å². The second-order valence-corrected chi connectivity index (χ2v) is 12.5. The normalized spacial score (nSPS) is 10.9. The van der Waals surface area contributed by atoms with E-state index in [9.17, 15) is 0 Å². The fourth-order valence-corrected chi connectivity index (χ4v) is 6.84. The summed E-state index contributed by atoms with van der Waals surface area (Å²) in [5, 5.41) is 2.33. The van der Waals surface area contributed by atoms with Crippen molar-refractivity contribution in [2.75, 3.05) is 9.80 Å². The minimum Gasteiger partial charge on any atom is -0.311 e. The van der Waals surface area contributed by atoms with Crippen molar-refractivity contribution in [1.29, 1.82) is 0 Å². The van der Waals surface area contributed by atoms with E-state index in [2.05, 4.69) is 168 Å². The van der Waals surface area contributed by atoms with Crippen LogP contribution in [0.2, 0.25) is 0 Å². The van der Waals surface area contributed by atoms with Crippen LogP contribution in [0.1, 0.15) is 0 Å². The van der Waals surface area contributed by atoms with Crippen molar-refractivity contribution in [2.45, 2.75) is 0 Å². The molecule has 4 nitrogen and oxygen atoms in total. The van der Waals surface area contributed by atoms with Crippen molar-refractivity contribution >= 4 is 55.9 Å². The molecule has 0 saturated carbocycles. The van der Waals surface area contributed by atoms with Gasteiger partial charge in [0.1, 0.15) is 0 Å². The number of para-hydroxylation sites is 4. The van der Waals surface area contributed by atoms with E-state index in [1.54, 1.807) is 0 Å². The number of benzene rings is 7. The van der Waals surface area contributed by atoms with Crippen LogP contribution in [0.5, 0.6) is 0 Å². The zero-order valence-electron chi connectivity index (χ0n) is 28.3. The van der Waals surface area contributed by atoms with E-state index in [4.69, 9.17) is 9.97 Å². The van der Waals surface area contributed by atoms with E-state index >= 15 is 0 Å². The quantitative estimate of drug-likeness (QED) is 0.162. The lowest BCUT2D eigenvalue weighted by molar-refractivity contribution is 1.25. The summed E-state index contributed by atoms with van der Waals surface area (Å²) in [6, 6.07) is 73.4. The van der Waals surface area contributed by atoms with Gasteiger partial charge in [-0.3, -0.25) is 0 Å². The van der Waals surface area contributed by atoms with E-state index in [0.717, 1.165) is 73.1 Å². The van der Waals surface area contributed by atoms with Gasteiger partial charge in [-0.2, -0.15) is 0 Å². The number of rotatable bonds is 8. The fourth-order valence-electron chi connectivity index (χ4n) is 6.84. The fraction of sp³-hybridized carbons (Fsp3) is 0. The summed E-state index contributed by atoms with van der Waals surface area (Å²) in [5.74, 6) is 0. The first-order valence-corrected chi connectivity index (χ1v) is 17.3. The SMILES string of the molecule is c1cccc(N(c2ccccc2)c2ccc(N(c3ccccc3)c3ccc(-c4nc5ccccc5nc4-c4cccc5ccccc45)cc3)cc2)c#1. The lowest BCUT2D eigenvalue weighted by Gasteiger charge is -2.28. The summed E-state index contributed by atoms with van der Waals surface area (Å²) in [5.41, 5.74) is 11.7. The molecule has 8 aromatic carbocycles. The summed E-state index contributed by atoms with van der Waals surface area (Å²) in [6.45, 7) is 0. The Labute approximate surface area is 303 Å². The molecular weight excluding hydrogens is 633 g/mol. The summed E-state index contributed by atoms with van der Waals surface area (Å²) < 4.78 is 0. The predicted octanol–water partition coefficient (Wildman–Crippen LogP) is 12.7. The standard InChI is InChI=1S/C48H32N4/c1-4-17-37(18-5-1)51(38-19-6-2-7-20-38)41-31-33-42(34-32-41)52(39-21-8-3-9-22-39)40-29-27-36(28-30-40)47-48(50-46-26-13-12-25-45(46)49-47)44-24-14-16-35-15-10-11-23-43(35)44/h1-6,8-19,21-34H. The highest BCUT2D eigenvalue weighted by Gasteiger charge is 2.18. The van der Waals surface area contributed by atoms with Gasteiger partial charge in [0.05, 0.1) is 28.1 Å². The number of hydrogen-bond acceptors (Lipinski definition) is 4. The molecule has 0 unspecified atom stereocenters. The van der Waals surface area contributed by atoms with Crippen LogP contribution in [0.15, 0.2) is 194 Å². The Hall–Kier alpha value is -7.22. The maximum atomic E-state index is 5.21. The van der Waals surface area contributed by atoms with Crippen LogP contribution in [0, 0.1) is 12.1 Å². The highest BCUT2D eigenvalue weighted by Crippen LogP contribution is 2.40. The molecule has 0 atom stereocenters. The molecule has 4 heteroatoms. The number of nitrogens with zero attached hydrogens (tertiary/aromatic N) is 4. The molecule has 9 rings (SSSR count). The Morgan fingerprint density at radius 1 is 0.385 bits per heavy atom. The maximum absolute atomic E-state index is 5.21. The average molecular weight is 665 g/mol. The summed E-state index contributed by atoms with van der Waals surface area (Å²) in [4.78, 5) is 14.9. The van der Waals surface area contributed by atoms with Gasteiger partial charge >= 0.3 is 0 Å². The first-order chi connectivity index (χ1) is 25.8. The molecule has 1 aromatic heterocycles. The van der Waals surface area contributed by atoms with Gasteiger partial charge in [0, 0.05) is 39.6 Å². The van der Waals surface area contributed by atoms with Crippen LogP contribution in [0.3, 0.4) is 0 Å².